The van der Waals surface area contributed by atoms with Gasteiger partial charge in [-0.1, -0.05) is 66.3 Å². The van der Waals surface area contributed by atoms with Gasteiger partial charge in [0, 0.05) is 17.5 Å². The molecule has 0 heterocycles. The van der Waals surface area contributed by atoms with Crippen LogP contribution >= 0.6 is 0 Å². The Balaban J connectivity index is 1.85. The Morgan fingerprint density at radius 1 is 0.625 bits per heavy atom. The second-order valence-electron chi connectivity index (χ2n) is 8.98. The molecule has 5 rings (SSSR count). The summed E-state index contributed by atoms with van der Waals surface area (Å²) in [5.41, 5.74) is 4.30. The third kappa shape index (κ3) is 2.48. The third-order valence-corrected chi connectivity index (χ3v) is 7.59. The number of aliphatic hydroxyl groups excluding tert-OH is 4. The van der Waals surface area contributed by atoms with Crippen molar-refractivity contribution in [3.8, 4) is 0 Å². The lowest BCUT2D eigenvalue weighted by Crippen LogP contribution is -2.68. The van der Waals surface area contributed by atoms with Crippen LogP contribution in [-0.4, -0.2) is 57.9 Å². The van der Waals surface area contributed by atoms with E-state index in [1.807, 2.05) is 79.8 Å². The van der Waals surface area contributed by atoms with Gasteiger partial charge in [0.15, 0.2) is 0 Å². The molecule has 1 aromatic rings. The SMILES string of the molecule is Cc1ccc(N(C2(C(CO)CO)C3=CC=C2C=C3)C2(C(CO)CO)C3=CC=C2C=C3)cc1. The summed E-state index contributed by atoms with van der Waals surface area (Å²) >= 11 is 0. The molecular formula is C27H29NO4. The first-order valence-corrected chi connectivity index (χ1v) is 11.1. The molecule has 32 heavy (non-hydrogen) atoms. The van der Waals surface area contributed by atoms with Crippen molar-refractivity contribution in [1.29, 1.82) is 0 Å². The standard InChI is InChI=1S/C27H29NO4/c1-18-2-12-25(13-3-18)28(26(23(14-29)15-30)19-4-5-20(26)7-6-19)27(24(16-31)17-32)21-8-9-22(27)11-10-21/h2-13,23-24,29-32H,14-17H2,1H3. The summed E-state index contributed by atoms with van der Waals surface area (Å²) in [6, 6.07) is 8.19. The predicted octanol–water partition coefficient (Wildman–Crippen LogP) is 2.35. The van der Waals surface area contributed by atoms with Crippen molar-refractivity contribution in [3.63, 3.8) is 0 Å². The van der Waals surface area contributed by atoms with Crippen molar-refractivity contribution in [1.82, 2.24) is 0 Å². The van der Waals surface area contributed by atoms with Gasteiger partial charge in [-0.05, 0) is 41.3 Å². The highest BCUT2D eigenvalue weighted by Crippen LogP contribution is 2.59. The minimum Gasteiger partial charge on any atom is -0.396 e. The molecule has 0 saturated carbocycles. The van der Waals surface area contributed by atoms with Crippen LogP contribution in [0.5, 0.6) is 0 Å². The van der Waals surface area contributed by atoms with E-state index in [0.717, 1.165) is 33.5 Å². The summed E-state index contributed by atoms with van der Waals surface area (Å²) in [4.78, 5) is 2.25. The average molecular weight is 432 g/mol. The molecule has 0 radical (unpaired) electrons. The number of aliphatic hydroxyl groups is 4. The molecule has 0 unspecified atom stereocenters. The lowest BCUT2D eigenvalue weighted by atomic mass is 9.68. The fraction of sp³-hybridized carbons (Fsp3) is 0.333. The fourth-order valence-electron chi connectivity index (χ4n) is 6.14. The van der Waals surface area contributed by atoms with E-state index in [9.17, 15) is 20.4 Å². The molecule has 5 nitrogen and oxygen atoms in total. The van der Waals surface area contributed by atoms with Gasteiger partial charge in [0.25, 0.3) is 0 Å². The number of aryl methyl sites for hydroxylation is 1. The van der Waals surface area contributed by atoms with Crippen LogP contribution in [0.3, 0.4) is 0 Å². The first-order chi connectivity index (χ1) is 15.6. The van der Waals surface area contributed by atoms with Crippen molar-refractivity contribution < 1.29 is 20.4 Å². The van der Waals surface area contributed by atoms with E-state index >= 15 is 0 Å². The van der Waals surface area contributed by atoms with E-state index in [4.69, 9.17) is 0 Å². The van der Waals surface area contributed by atoms with Crippen molar-refractivity contribution in [3.05, 3.63) is 101 Å². The number of anilines is 1. The predicted molar refractivity (Wildman–Crippen MR) is 125 cm³/mol. The van der Waals surface area contributed by atoms with Crippen LogP contribution in [0.2, 0.25) is 0 Å². The Hall–Kier alpha value is -2.70. The Morgan fingerprint density at radius 2 is 0.969 bits per heavy atom. The van der Waals surface area contributed by atoms with Crippen LogP contribution in [0, 0.1) is 18.8 Å². The first kappa shape index (κ1) is 21.2. The number of nitrogens with zero attached hydrogens (tertiary/aromatic N) is 1. The summed E-state index contributed by atoms with van der Waals surface area (Å²) < 4.78 is 0. The van der Waals surface area contributed by atoms with Gasteiger partial charge in [-0.2, -0.15) is 0 Å². The quantitative estimate of drug-likeness (QED) is 0.483. The molecule has 0 aliphatic heterocycles. The van der Waals surface area contributed by atoms with Crippen molar-refractivity contribution in [2.24, 2.45) is 11.8 Å². The zero-order valence-corrected chi connectivity index (χ0v) is 18.1. The second-order valence-corrected chi connectivity index (χ2v) is 8.98. The van der Waals surface area contributed by atoms with Crippen molar-refractivity contribution in [2.45, 2.75) is 18.0 Å². The molecule has 5 heteroatoms. The second kappa shape index (κ2) is 7.71. The Bertz CT molecular complexity index is 985. The number of fused-ring (bicyclic) bond motifs is 4. The Kier molecular flexibility index (Phi) is 5.10. The van der Waals surface area contributed by atoms with E-state index in [-0.39, 0.29) is 26.4 Å². The maximum Gasteiger partial charge on any atom is 0.0990 e. The molecule has 1 aromatic carbocycles. The van der Waals surface area contributed by atoms with Gasteiger partial charge in [0.2, 0.25) is 0 Å². The molecule has 4 bridgehead atoms. The summed E-state index contributed by atoms with van der Waals surface area (Å²) in [5.74, 6) is -1.01. The van der Waals surface area contributed by atoms with Gasteiger partial charge in [-0.15, -0.1) is 0 Å². The zero-order valence-electron chi connectivity index (χ0n) is 18.1. The fourth-order valence-corrected chi connectivity index (χ4v) is 6.14. The summed E-state index contributed by atoms with van der Waals surface area (Å²) in [5, 5.41) is 41.9. The van der Waals surface area contributed by atoms with E-state index in [1.165, 1.54) is 0 Å². The highest BCUT2D eigenvalue weighted by molar-refractivity contribution is 5.79. The van der Waals surface area contributed by atoms with Gasteiger partial charge >= 0.3 is 0 Å². The van der Waals surface area contributed by atoms with Gasteiger partial charge in [-0.3, -0.25) is 0 Å². The number of hydrogen-bond donors (Lipinski definition) is 4. The molecule has 166 valence electrons. The van der Waals surface area contributed by atoms with Crippen molar-refractivity contribution >= 4 is 5.69 Å². The minimum atomic E-state index is -0.837. The smallest absolute Gasteiger partial charge is 0.0990 e. The van der Waals surface area contributed by atoms with Gasteiger partial charge < -0.3 is 25.3 Å². The average Bonchev–Trinajstić information content (AvgIpc) is 3.56. The van der Waals surface area contributed by atoms with Gasteiger partial charge in [0.1, 0.15) is 0 Å². The van der Waals surface area contributed by atoms with E-state index in [2.05, 4.69) is 4.90 Å². The van der Waals surface area contributed by atoms with Gasteiger partial charge in [-0.25, -0.2) is 0 Å². The number of benzene rings is 1. The van der Waals surface area contributed by atoms with E-state index < -0.39 is 22.9 Å². The summed E-state index contributed by atoms with van der Waals surface area (Å²) in [6.45, 7) is 1.20. The summed E-state index contributed by atoms with van der Waals surface area (Å²) in [7, 11) is 0. The van der Waals surface area contributed by atoms with Crippen LogP contribution in [-0.2, 0) is 0 Å². The first-order valence-electron chi connectivity index (χ1n) is 11.1. The Morgan fingerprint density at radius 3 is 1.25 bits per heavy atom. The molecule has 0 amide bonds. The normalized spacial score (nSPS) is 20.8. The lowest BCUT2D eigenvalue weighted by molar-refractivity contribution is 0.0825. The van der Waals surface area contributed by atoms with Crippen LogP contribution in [0.25, 0.3) is 0 Å². The molecule has 4 aliphatic rings. The number of allylic oxidation sites excluding steroid dienone is 4. The zero-order chi connectivity index (χ0) is 22.5. The molecule has 4 N–H and O–H groups in total. The number of rotatable bonds is 9. The van der Waals surface area contributed by atoms with Crippen LogP contribution in [0.1, 0.15) is 5.56 Å². The third-order valence-electron chi connectivity index (χ3n) is 7.59. The summed E-state index contributed by atoms with van der Waals surface area (Å²) in [6.07, 6.45) is 16.4. The largest absolute Gasteiger partial charge is 0.396 e. The van der Waals surface area contributed by atoms with Crippen LogP contribution in [0.15, 0.2) is 95.2 Å². The maximum absolute atomic E-state index is 10.5. The highest BCUT2D eigenvalue weighted by Gasteiger charge is 2.63. The molecular weight excluding hydrogens is 402 g/mol. The highest BCUT2D eigenvalue weighted by atomic mass is 16.3. The van der Waals surface area contributed by atoms with Crippen LogP contribution < -0.4 is 4.90 Å². The Labute approximate surface area is 188 Å². The van der Waals surface area contributed by atoms with Crippen molar-refractivity contribution in [2.75, 3.05) is 31.3 Å². The van der Waals surface area contributed by atoms with Gasteiger partial charge in [0.05, 0.1) is 37.5 Å². The topological polar surface area (TPSA) is 84.2 Å². The van der Waals surface area contributed by atoms with E-state index in [1.54, 1.807) is 0 Å². The monoisotopic (exact) mass is 431 g/mol. The molecule has 0 saturated heterocycles. The minimum absolute atomic E-state index is 0.209. The van der Waals surface area contributed by atoms with Crippen LogP contribution in [0.4, 0.5) is 5.69 Å². The number of hydrogen-bond acceptors (Lipinski definition) is 5. The lowest BCUT2D eigenvalue weighted by Gasteiger charge is -2.58. The molecule has 0 aromatic heterocycles. The molecule has 0 spiro atoms. The molecule has 0 atom stereocenters. The maximum atomic E-state index is 10.5. The molecule has 4 aliphatic carbocycles. The molecule has 0 fully saturated rings. The van der Waals surface area contributed by atoms with E-state index in [0.29, 0.717) is 0 Å².